The lowest BCUT2D eigenvalue weighted by Crippen LogP contribution is -1.97. The molecule has 0 unspecified atom stereocenters. The molecule has 0 bridgehead atoms. The first-order chi connectivity index (χ1) is 7.00. The highest BCUT2D eigenvalue weighted by Gasteiger charge is 2.10. The maximum atomic E-state index is 5.87. The number of benzene rings is 1. The molecule has 0 aliphatic carbocycles. The summed E-state index contributed by atoms with van der Waals surface area (Å²) >= 11 is 3.46. The van der Waals surface area contributed by atoms with Gasteiger partial charge in [-0.05, 0) is 40.0 Å². The van der Waals surface area contributed by atoms with Gasteiger partial charge in [0, 0.05) is 33.8 Å². The van der Waals surface area contributed by atoms with Gasteiger partial charge in [-0.25, -0.2) is 0 Å². The lowest BCUT2D eigenvalue weighted by atomic mass is 10.1. The van der Waals surface area contributed by atoms with E-state index in [-0.39, 0.29) is 0 Å². The number of nitrogen functional groups attached to an aromatic ring is 1. The van der Waals surface area contributed by atoms with Crippen molar-refractivity contribution in [1.29, 1.82) is 0 Å². The van der Waals surface area contributed by atoms with Crippen LogP contribution in [0.3, 0.4) is 0 Å². The molecule has 0 aliphatic heterocycles. The molecule has 1 heterocycles. The van der Waals surface area contributed by atoms with Gasteiger partial charge in [-0.3, -0.25) is 0 Å². The number of hydrogen-bond acceptors (Lipinski definition) is 1. The van der Waals surface area contributed by atoms with Gasteiger partial charge in [-0.1, -0.05) is 13.8 Å². The van der Waals surface area contributed by atoms with Gasteiger partial charge >= 0.3 is 0 Å². The van der Waals surface area contributed by atoms with Crippen molar-refractivity contribution in [3.8, 4) is 0 Å². The van der Waals surface area contributed by atoms with Crippen molar-refractivity contribution < 1.29 is 0 Å². The molecule has 15 heavy (non-hydrogen) atoms. The van der Waals surface area contributed by atoms with Crippen molar-refractivity contribution in [3.05, 3.63) is 28.4 Å². The van der Waals surface area contributed by atoms with E-state index in [1.807, 2.05) is 6.07 Å². The van der Waals surface area contributed by atoms with E-state index < -0.39 is 0 Å². The average Bonchev–Trinajstić information content (AvgIpc) is 2.46. The second-order valence-electron chi connectivity index (χ2n) is 4.22. The lowest BCUT2D eigenvalue weighted by Gasteiger charge is -2.07. The molecule has 0 saturated carbocycles. The van der Waals surface area contributed by atoms with Gasteiger partial charge in [-0.2, -0.15) is 0 Å². The predicted molar refractivity (Wildman–Crippen MR) is 69.1 cm³/mol. The molecule has 1 aromatic carbocycles. The molecule has 0 amide bonds. The smallest absolute Gasteiger partial charge is 0.0492 e. The summed E-state index contributed by atoms with van der Waals surface area (Å²) in [5, 5.41) is 1.21. The summed E-state index contributed by atoms with van der Waals surface area (Å²) in [5.74, 6) is 0.530. The highest BCUT2D eigenvalue weighted by Crippen LogP contribution is 2.30. The average molecular weight is 267 g/mol. The van der Waals surface area contributed by atoms with Gasteiger partial charge in [-0.15, -0.1) is 0 Å². The number of halogens is 1. The van der Waals surface area contributed by atoms with E-state index in [4.69, 9.17) is 5.73 Å². The van der Waals surface area contributed by atoms with Crippen LogP contribution in [0.1, 0.15) is 25.5 Å². The van der Waals surface area contributed by atoms with Gasteiger partial charge in [0.15, 0.2) is 0 Å². The van der Waals surface area contributed by atoms with Crippen molar-refractivity contribution in [2.75, 3.05) is 5.73 Å². The van der Waals surface area contributed by atoms with Gasteiger partial charge in [0.05, 0.1) is 0 Å². The van der Waals surface area contributed by atoms with Crippen LogP contribution in [-0.2, 0) is 7.05 Å². The fourth-order valence-corrected chi connectivity index (χ4v) is 2.28. The molecule has 0 saturated heterocycles. The number of anilines is 1. The van der Waals surface area contributed by atoms with Gasteiger partial charge in [0.25, 0.3) is 0 Å². The predicted octanol–water partition coefficient (Wildman–Crippen LogP) is 3.65. The molecular weight excluding hydrogens is 252 g/mol. The van der Waals surface area contributed by atoms with Crippen LogP contribution in [0.2, 0.25) is 0 Å². The maximum Gasteiger partial charge on any atom is 0.0492 e. The van der Waals surface area contributed by atoms with Crippen molar-refractivity contribution >= 4 is 32.5 Å². The number of nitrogens with zero attached hydrogens (tertiary/aromatic N) is 1. The van der Waals surface area contributed by atoms with Crippen LogP contribution in [0.4, 0.5) is 5.69 Å². The molecule has 0 spiro atoms. The van der Waals surface area contributed by atoms with Crippen LogP contribution in [0.15, 0.2) is 22.7 Å². The number of hydrogen-bond donors (Lipinski definition) is 1. The summed E-state index contributed by atoms with van der Waals surface area (Å²) in [4.78, 5) is 0. The zero-order valence-electron chi connectivity index (χ0n) is 9.21. The van der Waals surface area contributed by atoms with E-state index >= 15 is 0 Å². The van der Waals surface area contributed by atoms with Crippen LogP contribution >= 0.6 is 15.9 Å². The van der Waals surface area contributed by atoms with Crippen LogP contribution in [0, 0.1) is 0 Å². The first kappa shape index (κ1) is 10.6. The van der Waals surface area contributed by atoms with Gasteiger partial charge in [0.2, 0.25) is 0 Å². The summed E-state index contributed by atoms with van der Waals surface area (Å²) in [6.45, 7) is 4.40. The summed E-state index contributed by atoms with van der Waals surface area (Å²) in [6.07, 6.45) is 0. The Balaban J connectivity index is 2.77. The minimum absolute atomic E-state index is 0.530. The first-order valence-corrected chi connectivity index (χ1v) is 5.84. The molecule has 2 rings (SSSR count). The Morgan fingerprint density at radius 2 is 1.93 bits per heavy atom. The number of fused-ring (bicyclic) bond motifs is 1. The number of aromatic nitrogens is 1. The van der Waals surface area contributed by atoms with E-state index in [2.05, 4.69) is 53.5 Å². The minimum Gasteiger partial charge on any atom is -0.398 e. The summed E-state index contributed by atoms with van der Waals surface area (Å²) in [6, 6.07) is 6.31. The zero-order valence-corrected chi connectivity index (χ0v) is 10.8. The number of rotatable bonds is 1. The molecule has 3 heteroatoms. The van der Waals surface area contributed by atoms with Crippen molar-refractivity contribution in [1.82, 2.24) is 4.57 Å². The Labute approximate surface area is 98.2 Å². The van der Waals surface area contributed by atoms with Crippen LogP contribution < -0.4 is 5.73 Å². The van der Waals surface area contributed by atoms with Crippen molar-refractivity contribution in [2.24, 2.45) is 7.05 Å². The molecule has 1 aromatic heterocycles. The first-order valence-electron chi connectivity index (χ1n) is 5.05. The van der Waals surface area contributed by atoms with E-state index in [0.717, 1.165) is 10.2 Å². The molecule has 0 radical (unpaired) electrons. The third-order valence-electron chi connectivity index (χ3n) is 2.79. The zero-order chi connectivity index (χ0) is 11.2. The minimum atomic E-state index is 0.530. The van der Waals surface area contributed by atoms with E-state index in [0.29, 0.717) is 5.92 Å². The van der Waals surface area contributed by atoms with E-state index in [1.165, 1.54) is 16.6 Å². The Morgan fingerprint density at radius 1 is 1.27 bits per heavy atom. The van der Waals surface area contributed by atoms with E-state index in [9.17, 15) is 0 Å². The Kier molecular flexibility index (Phi) is 2.51. The Morgan fingerprint density at radius 3 is 2.53 bits per heavy atom. The normalized spacial score (nSPS) is 11.5. The number of nitrogens with two attached hydrogens (primary N) is 1. The van der Waals surface area contributed by atoms with Gasteiger partial charge in [0.1, 0.15) is 0 Å². The highest BCUT2D eigenvalue weighted by atomic mass is 79.9. The summed E-state index contributed by atoms with van der Waals surface area (Å²) in [5.41, 5.74) is 9.22. The third kappa shape index (κ3) is 1.65. The fraction of sp³-hybridized carbons (Fsp3) is 0.333. The highest BCUT2D eigenvalue weighted by molar-refractivity contribution is 9.10. The molecule has 0 aliphatic rings. The largest absolute Gasteiger partial charge is 0.398 e. The third-order valence-corrected chi connectivity index (χ3v) is 3.48. The van der Waals surface area contributed by atoms with Crippen LogP contribution in [0.5, 0.6) is 0 Å². The van der Waals surface area contributed by atoms with Crippen molar-refractivity contribution in [3.63, 3.8) is 0 Å². The molecule has 2 nitrogen and oxygen atoms in total. The van der Waals surface area contributed by atoms with Crippen LogP contribution in [0.25, 0.3) is 10.9 Å². The van der Waals surface area contributed by atoms with Crippen LogP contribution in [-0.4, -0.2) is 4.57 Å². The van der Waals surface area contributed by atoms with E-state index in [1.54, 1.807) is 0 Å². The monoisotopic (exact) mass is 266 g/mol. The molecule has 80 valence electrons. The lowest BCUT2D eigenvalue weighted by molar-refractivity contribution is 0.755. The Bertz CT molecular complexity index is 512. The topological polar surface area (TPSA) is 30.9 Å². The quantitative estimate of drug-likeness (QED) is 0.785. The molecule has 0 atom stereocenters. The summed E-state index contributed by atoms with van der Waals surface area (Å²) < 4.78 is 3.19. The van der Waals surface area contributed by atoms with Crippen molar-refractivity contribution in [2.45, 2.75) is 19.8 Å². The number of aryl methyl sites for hydroxylation is 1. The SMILES string of the molecule is CC(C)c1cc2cc(N)c(Br)cc2n1C. The second-order valence-corrected chi connectivity index (χ2v) is 5.07. The second kappa shape index (κ2) is 3.56. The molecule has 2 aromatic rings. The summed E-state index contributed by atoms with van der Waals surface area (Å²) in [7, 11) is 2.10. The molecule has 0 fully saturated rings. The Hall–Kier alpha value is -0.960. The molecular formula is C12H15BrN2. The molecule has 2 N–H and O–H groups in total. The van der Waals surface area contributed by atoms with Gasteiger partial charge < -0.3 is 10.3 Å². The maximum absolute atomic E-state index is 5.87. The fourth-order valence-electron chi connectivity index (χ4n) is 1.95. The standard InChI is InChI=1S/C12H15BrN2/c1-7(2)11-5-8-4-10(14)9(13)6-12(8)15(11)3/h4-7H,14H2,1-3H3.